The number of hydrogen-bond donors (Lipinski definition) is 1. The van der Waals surface area contributed by atoms with Crippen molar-refractivity contribution >= 4 is 15.0 Å². The average molecular weight is 323 g/mol. The molecule has 0 saturated carbocycles. The van der Waals surface area contributed by atoms with Gasteiger partial charge in [0.2, 0.25) is 9.04 Å². The fourth-order valence-electron chi connectivity index (χ4n) is 2.27. The molecule has 1 radical (unpaired) electrons. The van der Waals surface area contributed by atoms with Crippen molar-refractivity contribution in [2.45, 2.75) is 53.5 Å². The zero-order valence-electron chi connectivity index (χ0n) is 14.4. The third kappa shape index (κ3) is 5.23. The maximum absolute atomic E-state index is 12.0. The molecule has 0 heterocycles. The SMILES string of the molecule is CCOC(=O)c1cc(CO)cc(C(O[Si](C)C)C(C)(C)C)c1. The van der Waals surface area contributed by atoms with Gasteiger partial charge in [0.15, 0.2) is 0 Å². The molecule has 4 nitrogen and oxygen atoms in total. The molecular formula is C17H27O4Si. The summed E-state index contributed by atoms with van der Waals surface area (Å²) in [6.45, 7) is 12.5. The molecule has 1 N–H and O–H groups in total. The summed E-state index contributed by atoms with van der Waals surface area (Å²) in [6.07, 6.45) is -0.129. The van der Waals surface area contributed by atoms with Gasteiger partial charge in [0, 0.05) is 0 Å². The van der Waals surface area contributed by atoms with Crippen molar-refractivity contribution in [3.63, 3.8) is 0 Å². The summed E-state index contributed by atoms with van der Waals surface area (Å²) in [5.41, 5.74) is 1.96. The summed E-state index contributed by atoms with van der Waals surface area (Å²) < 4.78 is 11.2. The Bertz CT molecular complexity index is 506. The summed E-state index contributed by atoms with van der Waals surface area (Å²) in [4.78, 5) is 12.0. The third-order valence-electron chi connectivity index (χ3n) is 3.15. The molecule has 22 heavy (non-hydrogen) atoms. The van der Waals surface area contributed by atoms with E-state index in [9.17, 15) is 9.90 Å². The van der Waals surface area contributed by atoms with Crippen LogP contribution in [0.15, 0.2) is 18.2 Å². The second-order valence-corrected chi connectivity index (χ2v) is 8.67. The van der Waals surface area contributed by atoms with Crippen LogP contribution in [0.2, 0.25) is 13.1 Å². The standard InChI is InChI=1S/C17H27O4Si/c1-7-20-16(19)14-9-12(11-18)8-13(10-14)15(17(2,3)4)21-22(5)6/h8-10,15,18H,7,11H2,1-6H3. The van der Waals surface area contributed by atoms with E-state index < -0.39 is 9.04 Å². The molecule has 0 saturated heterocycles. The highest BCUT2D eigenvalue weighted by molar-refractivity contribution is 6.48. The van der Waals surface area contributed by atoms with E-state index in [2.05, 4.69) is 33.9 Å². The molecular weight excluding hydrogens is 296 g/mol. The lowest BCUT2D eigenvalue weighted by atomic mass is 9.84. The second-order valence-electron chi connectivity index (χ2n) is 6.61. The van der Waals surface area contributed by atoms with Crippen molar-refractivity contribution in [2.24, 2.45) is 5.41 Å². The molecule has 5 heteroatoms. The predicted molar refractivity (Wildman–Crippen MR) is 89.1 cm³/mol. The van der Waals surface area contributed by atoms with Gasteiger partial charge in [-0.1, -0.05) is 26.8 Å². The zero-order chi connectivity index (χ0) is 16.9. The molecule has 1 unspecified atom stereocenters. The minimum absolute atomic E-state index is 0.109. The zero-order valence-corrected chi connectivity index (χ0v) is 15.4. The summed E-state index contributed by atoms with van der Waals surface area (Å²) in [5, 5.41) is 9.48. The van der Waals surface area contributed by atoms with Crippen molar-refractivity contribution < 1.29 is 19.1 Å². The van der Waals surface area contributed by atoms with Crippen molar-refractivity contribution in [1.82, 2.24) is 0 Å². The van der Waals surface area contributed by atoms with Crippen LogP contribution in [0, 0.1) is 5.41 Å². The van der Waals surface area contributed by atoms with E-state index in [-0.39, 0.29) is 24.1 Å². The number of hydrogen-bond acceptors (Lipinski definition) is 4. The molecule has 1 atom stereocenters. The first kappa shape index (κ1) is 18.9. The summed E-state index contributed by atoms with van der Waals surface area (Å²) >= 11 is 0. The number of benzene rings is 1. The lowest BCUT2D eigenvalue weighted by Crippen LogP contribution is -2.26. The minimum atomic E-state index is -0.903. The number of aliphatic hydroxyl groups excluding tert-OH is 1. The number of carbonyl (C=O) groups excluding carboxylic acids is 1. The van der Waals surface area contributed by atoms with E-state index >= 15 is 0 Å². The van der Waals surface area contributed by atoms with E-state index in [1.54, 1.807) is 13.0 Å². The Morgan fingerprint density at radius 2 is 1.91 bits per heavy atom. The molecule has 0 aliphatic heterocycles. The topological polar surface area (TPSA) is 55.8 Å². The number of carbonyl (C=O) groups is 1. The fourth-order valence-corrected chi connectivity index (χ4v) is 3.23. The van der Waals surface area contributed by atoms with Crippen LogP contribution in [0.25, 0.3) is 0 Å². The highest BCUT2D eigenvalue weighted by Gasteiger charge is 2.29. The molecule has 0 spiro atoms. The van der Waals surface area contributed by atoms with Crippen LogP contribution >= 0.6 is 0 Å². The quantitative estimate of drug-likeness (QED) is 0.640. The largest absolute Gasteiger partial charge is 0.462 e. The number of rotatable bonds is 6. The minimum Gasteiger partial charge on any atom is -0.462 e. The van der Waals surface area contributed by atoms with E-state index in [4.69, 9.17) is 9.16 Å². The maximum atomic E-state index is 12.0. The van der Waals surface area contributed by atoms with Gasteiger partial charge in [0.25, 0.3) is 0 Å². The van der Waals surface area contributed by atoms with Crippen LogP contribution in [-0.4, -0.2) is 26.7 Å². The molecule has 0 aliphatic rings. The summed E-state index contributed by atoms with van der Waals surface area (Å²) in [7, 11) is -0.903. The van der Waals surface area contributed by atoms with Gasteiger partial charge in [0.1, 0.15) is 0 Å². The van der Waals surface area contributed by atoms with E-state index in [0.717, 1.165) is 5.56 Å². The van der Waals surface area contributed by atoms with Crippen LogP contribution in [0.3, 0.4) is 0 Å². The fraction of sp³-hybridized carbons (Fsp3) is 0.588. The van der Waals surface area contributed by atoms with Gasteiger partial charge in [-0.25, -0.2) is 4.79 Å². The first-order valence-electron chi connectivity index (χ1n) is 7.57. The van der Waals surface area contributed by atoms with Crippen molar-refractivity contribution in [3.05, 3.63) is 34.9 Å². The Morgan fingerprint density at radius 3 is 2.36 bits per heavy atom. The number of esters is 1. The molecule has 0 fully saturated rings. The van der Waals surface area contributed by atoms with Gasteiger partial charge in [0.05, 0.1) is 24.9 Å². The van der Waals surface area contributed by atoms with Gasteiger partial charge in [-0.2, -0.15) is 0 Å². The van der Waals surface area contributed by atoms with Gasteiger partial charge < -0.3 is 14.3 Å². The Kier molecular flexibility index (Phi) is 6.78. The smallest absolute Gasteiger partial charge is 0.338 e. The first-order valence-corrected chi connectivity index (χ1v) is 9.98. The summed E-state index contributed by atoms with van der Waals surface area (Å²) in [6, 6.07) is 5.40. The van der Waals surface area contributed by atoms with Crippen LogP contribution < -0.4 is 0 Å². The van der Waals surface area contributed by atoms with Gasteiger partial charge in [-0.3, -0.25) is 0 Å². The first-order chi connectivity index (χ1) is 10.2. The highest BCUT2D eigenvalue weighted by Crippen LogP contribution is 2.37. The lowest BCUT2D eigenvalue weighted by Gasteiger charge is -2.33. The lowest BCUT2D eigenvalue weighted by molar-refractivity contribution is 0.0524. The molecule has 123 valence electrons. The van der Waals surface area contributed by atoms with Gasteiger partial charge in [-0.15, -0.1) is 0 Å². The molecule has 1 rings (SSSR count). The van der Waals surface area contributed by atoms with Crippen LogP contribution in [0.4, 0.5) is 0 Å². The van der Waals surface area contributed by atoms with Gasteiger partial charge >= 0.3 is 5.97 Å². The number of ether oxygens (including phenoxy) is 1. The van der Waals surface area contributed by atoms with Crippen molar-refractivity contribution in [1.29, 1.82) is 0 Å². The predicted octanol–water partition coefficient (Wildman–Crippen LogP) is 3.71. The Morgan fingerprint density at radius 1 is 1.27 bits per heavy atom. The van der Waals surface area contributed by atoms with Crippen molar-refractivity contribution in [2.75, 3.05) is 6.61 Å². The maximum Gasteiger partial charge on any atom is 0.338 e. The van der Waals surface area contributed by atoms with Crippen LogP contribution in [-0.2, 0) is 15.8 Å². The average Bonchev–Trinajstić information content (AvgIpc) is 2.43. The molecule has 1 aromatic rings. The van der Waals surface area contributed by atoms with E-state index in [1.165, 1.54) is 0 Å². The normalized spacial score (nSPS) is 13.3. The molecule has 1 aromatic carbocycles. The Balaban J connectivity index is 3.30. The van der Waals surface area contributed by atoms with Crippen LogP contribution in [0.5, 0.6) is 0 Å². The number of aliphatic hydroxyl groups is 1. The molecule has 0 aromatic heterocycles. The van der Waals surface area contributed by atoms with E-state index in [0.29, 0.717) is 17.7 Å². The third-order valence-corrected chi connectivity index (χ3v) is 3.86. The molecule has 0 bridgehead atoms. The van der Waals surface area contributed by atoms with Crippen molar-refractivity contribution in [3.8, 4) is 0 Å². The van der Waals surface area contributed by atoms with Crippen LogP contribution in [0.1, 0.15) is 55.3 Å². The van der Waals surface area contributed by atoms with E-state index in [1.807, 2.05) is 12.1 Å². The summed E-state index contributed by atoms with van der Waals surface area (Å²) in [5.74, 6) is -0.370. The highest BCUT2D eigenvalue weighted by atomic mass is 28.3. The molecule has 0 aliphatic carbocycles. The van der Waals surface area contributed by atoms with Gasteiger partial charge in [-0.05, 0) is 48.7 Å². The Hall–Kier alpha value is -1.17. The molecule has 0 amide bonds. The monoisotopic (exact) mass is 323 g/mol. The second kappa shape index (κ2) is 7.90. The Labute approximate surface area is 135 Å².